The van der Waals surface area contributed by atoms with Crippen LogP contribution in [0.3, 0.4) is 0 Å². The standard InChI is InChI=1S/C24BF20.C15H16NO/c26-5-1(6(27)14(35)21(42)13(5)34)25(2-7(28)15(36)22(43)16(37)8(2)29,3-9(30)17(38)23(44)18(39)10(3)31)4-11(32)19(40)24(45)20(41)12(4)33;1-2-13-8-10-16(11-9-13)12-15(17)14-6-4-3-5-7-14/h;3-11H,2,12H2,1H3/q-1;+1. The van der Waals surface area contributed by atoms with E-state index in [-0.39, 0.29) is 5.78 Å². The number of pyridine rings is 1. The minimum Gasteiger partial charge on any atom is -0.287 e. The van der Waals surface area contributed by atoms with Gasteiger partial charge >= 0.3 is 0 Å². The summed E-state index contributed by atoms with van der Waals surface area (Å²) >= 11 is 0. The first-order valence-electron chi connectivity index (χ1n) is 16.8. The third-order valence-electron chi connectivity index (χ3n) is 9.50. The van der Waals surface area contributed by atoms with Gasteiger partial charge in [-0.3, -0.25) is 4.79 Å². The number of benzene rings is 5. The monoisotopic (exact) mass is 905 g/mol. The van der Waals surface area contributed by atoms with Gasteiger partial charge in [0.25, 0.3) is 0 Å². The normalized spacial score (nSPS) is 11.5. The molecule has 0 spiro atoms. The van der Waals surface area contributed by atoms with Crippen LogP contribution in [-0.4, -0.2) is 11.9 Å². The number of rotatable bonds is 8. The number of Topliss-reactive ketones (excluding diaryl/α,β-unsaturated/α-hetero) is 1. The van der Waals surface area contributed by atoms with E-state index in [4.69, 9.17) is 0 Å². The van der Waals surface area contributed by atoms with Crippen LogP contribution in [0.25, 0.3) is 0 Å². The van der Waals surface area contributed by atoms with Crippen molar-refractivity contribution in [1.82, 2.24) is 0 Å². The Labute approximate surface area is 333 Å². The lowest BCUT2D eigenvalue weighted by molar-refractivity contribution is -0.683. The number of hydrogen-bond acceptors (Lipinski definition) is 1. The van der Waals surface area contributed by atoms with E-state index in [2.05, 4.69) is 19.1 Å². The van der Waals surface area contributed by atoms with Crippen LogP contribution in [0.1, 0.15) is 22.8 Å². The van der Waals surface area contributed by atoms with Crippen molar-refractivity contribution < 1.29 is 97.2 Å². The Hall–Kier alpha value is -6.42. The van der Waals surface area contributed by atoms with Crippen LogP contribution in [-0.2, 0) is 13.0 Å². The number of aromatic nitrogens is 1. The van der Waals surface area contributed by atoms with Crippen molar-refractivity contribution >= 4 is 33.8 Å². The van der Waals surface area contributed by atoms with Gasteiger partial charge in [-0.05, 0) is 12.0 Å². The number of aryl methyl sites for hydroxylation is 1. The molecule has 1 aromatic heterocycles. The molecule has 0 aliphatic carbocycles. The highest BCUT2D eigenvalue weighted by Gasteiger charge is 2.52. The molecular weight excluding hydrogens is 889 g/mol. The number of nitrogens with zero attached hydrogens (tertiary/aromatic N) is 1. The van der Waals surface area contributed by atoms with Crippen molar-refractivity contribution in [2.24, 2.45) is 0 Å². The molecule has 0 radical (unpaired) electrons. The topological polar surface area (TPSA) is 20.9 Å². The smallest absolute Gasteiger partial charge is 0.227 e. The summed E-state index contributed by atoms with van der Waals surface area (Å²) in [5.41, 5.74) is -12.3. The summed E-state index contributed by atoms with van der Waals surface area (Å²) in [7, 11) is 0. The zero-order valence-corrected chi connectivity index (χ0v) is 30.1. The molecule has 326 valence electrons. The van der Waals surface area contributed by atoms with Crippen molar-refractivity contribution in [3.8, 4) is 0 Å². The molecule has 6 rings (SSSR count). The van der Waals surface area contributed by atoms with Crippen molar-refractivity contribution in [3.63, 3.8) is 0 Å². The van der Waals surface area contributed by atoms with Crippen LogP contribution in [0.2, 0.25) is 0 Å². The second-order valence-electron chi connectivity index (χ2n) is 12.8. The lowest BCUT2D eigenvalue weighted by atomic mass is 9.12. The van der Waals surface area contributed by atoms with E-state index in [0.29, 0.717) is 6.54 Å². The Morgan fingerprint density at radius 2 is 0.629 bits per heavy atom. The maximum atomic E-state index is 15.4. The summed E-state index contributed by atoms with van der Waals surface area (Å²) < 4.78 is 296. The predicted octanol–water partition coefficient (Wildman–Crippen LogP) is 8.27. The Morgan fingerprint density at radius 1 is 0.387 bits per heavy atom. The summed E-state index contributed by atoms with van der Waals surface area (Å²) in [4.78, 5) is 11.9. The third-order valence-corrected chi connectivity index (χ3v) is 9.50. The van der Waals surface area contributed by atoms with E-state index in [1.54, 1.807) is 0 Å². The molecule has 62 heavy (non-hydrogen) atoms. The first-order chi connectivity index (χ1) is 29.0. The van der Waals surface area contributed by atoms with Crippen LogP contribution in [0.4, 0.5) is 87.8 Å². The number of halogens is 20. The molecule has 0 N–H and O–H groups in total. The van der Waals surface area contributed by atoms with E-state index in [1.807, 2.05) is 47.3 Å². The number of carbonyl (C=O) groups is 1. The first kappa shape index (κ1) is 46.6. The van der Waals surface area contributed by atoms with E-state index in [1.165, 1.54) is 5.56 Å². The molecule has 6 aromatic rings. The lowest BCUT2D eigenvalue weighted by Crippen LogP contribution is -2.81. The van der Waals surface area contributed by atoms with Gasteiger partial charge in [-0.2, -0.15) is 4.57 Å². The summed E-state index contributed by atoms with van der Waals surface area (Å²) in [5.74, 6) is -71.3. The summed E-state index contributed by atoms with van der Waals surface area (Å²) in [6, 6.07) is 13.5. The van der Waals surface area contributed by atoms with Gasteiger partial charge in [0.1, 0.15) is 52.7 Å². The molecule has 23 heteroatoms. The zero-order valence-electron chi connectivity index (χ0n) is 30.1. The SMILES string of the molecule is CCc1cc[n+](CC(=O)c2ccccc2)cc1.Fc1c(F)c(F)c([B-](c2c(F)c(F)c(F)c(F)c2F)(c2c(F)c(F)c(F)c(F)c2F)c2c(F)c(F)c(F)c(F)c2F)c(F)c1F. The van der Waals surface area contributed by atoms with Crippen molar-refractivity contribution in [2.45, 2.75) is 19.9 Å². The van der Waals surface area contributed by atoms with Crippen molar-refractivity contribution in [2.75, 3.05) is 0 Å². The van der Waals surface area contributed by atoms with E-state index in [0.717, 1.165) is 12.0 Å². The van der Waals surface area contributed by atoms with Gasteiger partial charge in [0.05, 0.1) is 0 Å². The second-order valence-corrected chi connectivity index (χ2v) is 12.8. The van der Waals surface area contributed by atoms with Gasteiger partial charge in [0.2, 0.25) is 12.3 Å². The predicted molar refractivity (Wildman–Crippen MR) is 176 cm³/mol. The molecule has 0 unspecified atom stereocenters. The van der Waals surface area contributed by atoms with Gasteiger partial charge in [0, 0.05) is 17.7 Å². The Morgan fingerprint density at radius 3 is 0.871 bits per heavy atom. The number of carbonyl (C=O) groups excluding carboxylic acids is 1. The minimum atomic E-state index is -7.22. The molecule has 0 aliphatic rings. The van der Waals surface area contributed by atoms with Gasteiger partial charge in [-0.15, -0.1) is 21.9 Å². The molecule has 5 aromatic carbocycles. The molecule has 0 saturated carbocycles. The van der Waals surface area contributed by atoms with Gasteiger partial charge in [0.15, 0.2) is 82.2 Å². The van der Waals surface area contributed by atoms with Crippen molar-refractivity contribution in [1.29, 1.82) is 0 Å². The summed E-state index contributed by atoms with van der Waals surface area (Å²) in [6.07, 6.45) is -2.28. The zero-order chi connectivity index (χ0) is 46.4. The van der Waals surface area contributed by atoms with Crippen LogP contribution in [0.15, 0.2) is 54.9 Å². The summed E-state index contributed by atoms with van der Waals surface area (Å²) in [5, 5.41) is 0. The molecule has 0 bridgehead atoms. The van der Waals surface area contributed by atoms with E-state index in [9.17, 15) is 57.5 Å². The van der Waals surface area contributed by atoms with Gasteiger partial charge < -0.3 is 0 Å². The van der Waals surface area contributed by atoms with E-state index >= 15 is 35.1 Å². The molecule has 1 heterocycles. The molecule has 0 fully saturated rings. The molecule has 0 amide bonds. The highest BCUT2D eigenvalue weighted by molar-refractivity contribution is 7.20. The largest absolute Gasteiger partial charge is 0.287 e. The third kappa shape index (κ3) is 7.39. The Balaban J connectivity index is 0.000000355. The van der Waals surface area contributed by atoms with Crippen molar-refractivity contribution in [3.05, 3.63) is 182 Å². The molecular formula is C39H16BF20NO. The number of ketones is 1. The average Bonchev–Trinajstić information content (AvgIpc) is 3.27. The highest BCUT2D eigenvalue weighted by Crippen LogP contribution is 2.30. The van der Waals surface area contributed by atoms with Gasteiger partial charge in [-0.25, -0.2) is 87.8 Å². The van der Waals surface area contributed by atoms with Crippen LogP contribution < -0.4 is 26.4 Å². The fourth-order valence-electron chi connectivity index (χ4n) is 6.58. The Kier molecular flexibility index (Phi) is 13.2. The maximum absolute atomic E-state index is 15.4. The summed E-state index contributed by atoms with van der Waals surface area (Å²) in [6.45, 7) is 2.52. The number of hydrogen-bond donors (Lipinski definition) is 0. The molecule has 0 atom stereocenters. The molecule has 0 aliphatic heterocycles. The van der Waals surface area contributed by atoms with Crippen LogP contribution in [0.5, 0.6) is 0 Å². The molecule has 2 nitrogen and oxygen atoms in total. The quantitative estimate of drug-likeness (QED) is 0.0377. The van der Waals surface area contributed by atoms with E-state index < -0.39 is 144 Å². The first-order valence-corrected chi connectivity index (χ1v) is 16.8. The highest BCUT2D eigenvalue weighted by atomic mass is 19.2. The Bertz CT molecular complexity index is 2380. The van der Waals surface area contributed by atoms with Gasteiger partial charge in [-0.1, -0.05) is 37.3 Å². The fraction of sp³-hybridized carbons (Fsp3) is 0.0769. The maximum Gasteiger partial charge on any atom is 0.227 e. The second kappa shape index (κ2) is 17.5. The van der Waals surface area contributed by atoms with Crippen LogP contribution >= 0.6 is 0 Å². The molecule has 0 saturated heterocycles. The lowest BCUT2D eigenvalue weighted by Gasteiger charge is -2.44. The average molecular weight is 905 g/mol. The minimum absolute atomic E-state index is 0.139. The van der Waals surface area contributed by atoms with Crippen LogP contribution in [0, 0.1) is 116 Å². The fourth-order valence-corrected chi connectivity index (χ4v) is 6.58.